The number of hydrogen-bond donors (Lipinski definition) is 1. The standard InChI is InChI=1S/C60H102O14Si2/c1-21-35(2)51-38(5)27-28-59(72-51)33-44-30-43(71-59)26-25-37(4)50(36(3)23-22-24-42-34-65-55-52(73-75(17,18)57(9,10)11)39(6)29-45(56(61)68-44)60(42,55)62)69-48-31-46(63-15)53(40(7)66-48)70-49-32-47(64-16)54(41(8)67-49)74-76(19,20)58(12,13)14/h22-25,29,35-36,38,40-41,43-55,62H,21,26-28,30-34H2,1-20H3/b23-22+,37-25+,42-24+/t35-,36-,38-,40-,41-,43+,44-,45-,46-,47-,48-,49-,50-,51+,52+,53-,54-,55+,59+,60+/m0/s1. The molecule has 0 amide bonds. The van der Waals surface area contributed by atoms with Crippen LogP contribution in [0.15, 0.2) is 47.1 Å². The maximum absolute atomic E-state index is 14.9. The topological polar surface area (TPSA) is 148 Å². The maximum Gasteiger partial charge on any atom is 0.316 e. The van der Waals surface area contributed by atoms with Crippen LogP contribution in [0.1, 0.15) is 148 Å². The fraction of sp³-hybridized carbons (Fsp3) is 0.850. The van der Waals surface area contributed by atoms with Crippen LogP contribution in [-0.4, -0.2) is 146 Å². The largest absolute Gasteiger partial charge is 0.462 e. The van der Waals surface area contributed by atoms with Crippen molar-refractivity contribution in [3.8, 4) is 0 Å². The van der Waals surface area contributed by atoms with Crippen LogP contribution in [-0.2, 0) is 61.0 Å². The highest BCUT2D eigenvalue weighted by Crippen LogP contribution is 2.51. The molecule has 5 fully saturated rings. The summed E-state index contributed by atoms with van der Waals surface area (Å²) in [5.41, 5.74) is 0.736. The van der Waals surface area contributed by atoms with Crippen LogP contribution in [0.2, 0.25) is 36.3 Å². The molecule has 0 aromatic rings. The van der Waals surface area contributed by atoms with Crippen molar-refractivity contribution in [3.05, 3.63) is 47.1 Å². The molecule has 1 aliphatic carbocycles. The van der Waals surface area contributed by atoms with E-state index in [-0.39, 0.29) is 59.2 Å². The van der Waals surface area contributed by atoms with Crippen LogP contribution in [0, 0.1) is 23.7 Å². The highest BCUT2D eigenvalue weighted by atomic mass is 28.4. The van der Waals surface area contributed by atoms with Gasteiger partial charge in [-0.1, -0.05) is 106 Å². The van der Waals surface area contributed by atoms with Crippen LogP contribution >= 0.6 is 0 Å². The summed E-state index contributed by atoms with van der Waals surface area (Å²) in [4.78, 5) is 14.9. The predicted octanol–water partition coefficient (Wildman–Crippen LogP) is 11.7. The lowest BCUT2D eigenvalue weighted by molar-refractivity contribution is -0.340. The Hall–Kier alpha value is -1.62. The molecule has 0 saturated carbocycles. The summed E-state index contributed by atoms with van der Waals surface area (Å²) in [5.74, 6) is -1.92. The number of aliphatic hydroxyl groups is 1. The van der Waals surface area contributed by atoms with Gasteiger partial charge in [0, 0.05) is 52.2 Å². The van der Waals surface area contributed by atoms with Gasteiger partial charge in [0.05, 0.1) is 61.5 Å². The number of rotatable bonds is 12. The lowest BCUT2D eigenvalue weighted by Gasteiger charge is -2.51. The Morgan fingerprint density at radius 3 is 2.03 bits per heavy atom. The van der Waals surface area contributed by atoms with E-state index < -0.39 is 89.1 Å². The lowest BCUT2D eigenvalue weighted by Crippen LogP contribution is -2.60. The number of ether oxygens (including phenoxy) is 10. The lowest BCUT2D eigenvalue weighted by atomic mass is 9.71. The Bertz CT molecular complexity index is 2110. The zero-order valence-corrected chi connectivity index (χ0v) is 52.4. The first-order chi connectivity index (χ1) is 35.4. The summed E-state index contributed by atoms with van der Waals surface area (Å²) in [7, 11) is -1.04. The van der Waals surface area contributed by atoms with Gasteiger partial charge in [0.1, 0.15) is 29.8 Å². The van der Waals surface area contributed by atoms with E-state index in [9.17, 15) is 9.90 Å². The van der Waals surface area contributed by atoms with E-state index in [1.165, 1.54) is 0 Å². The molecule has 6 aliphatic heterocycles. The van der Waals surface area contributed by atoms with E-state index in [4.69, 9.17) is 56.2 Å². The van der Waals surface area contributed by atoms with E-state index in [1.807, 2.05) is 39.0 Å². The highest BCUT2D eigenvalue weighted by molar-refractivity contribution is 6.74. The van der Waals surface area contributed by atoms with Crippen molar-refractivity contribution in [3.63, 3.8) is 0 Å². The van der Waals surface area contributed by atoms with Gasteiger partial charge >= 0.3 is 5.97 Å². The van der Waals surface area contributed by atoms with E-state index in [2.05, 4.69) is 115 Å². The van der Waals surface area contributed by atoms with Crippen molar-refractivity contribution in [2.75, 3.05) is 20.8 Å². The van der Waals surface area contributed by atoms with Gasteiger partial charge in [0.2, 0.25) is 0 Å². The van der Waals surface area contributed by atoms with Crippen molar-refractivity contribution >= 4 is 22.6 Å². The van der Waals surface area contributed by atoms with Gasteiger partial charge in [-0.2, -0.15) is 0 Å². The van der Waals surface area contributed by atoms with Crippen LogP contribution in [0.4, 0.5) is 0 Å². The van der Waals surface area contributed by atoms with Gasteiger partial charge in [-0.05, 0) is 105 Å². The first-order valence-corrected chi connectivity index (χ1v) is 34.8. The zero-order chi connectivity index (χ0) is 56.1. The average molecular weight is 1100 g/mol. The smallest absolute Gasteiger partial charge is 0.316 e. The monoisotopic (exact) mass is 1100 g/mol. The van der Waals surface area contributed by atoms with Crippen LogP contribution < -0.4 is 0 Å². The second kappa shape index (κ2) is 24.1. The minimum Gasteiger partial charge on any atom is -0.462 e. The Morgan fingerprint density at radius 2 is 1.41 bits per heavy atom. The number of allylic oxidation sites excluding steroid dienone is 2. The minimum atomic E-state index is -2.37. The molecule has 434 valence electrons. The molecule has 0 aromatic carbocycles. The Morgan fingerprint density at radius 1 is 0.803 bits per heavy atom. The number of fused-ring (bicyclic) bond motifs is 2. The second-order valence-electron chi connectivity index (χ2n) is 27.1. The Labute approximate surface area is 460 Å². The molecule has 5 saturated heterocycles. The zero-order valence-electron chi connectivity index (χ0n) is 50.4. The molecule has 1 N–H and O–H groups in total. The summed E-state index contributed by atoms with van der Waals surface area (Å²) in [6.45, 7) is 39.4. The molecule has 14 nitrogen and oxygen atoms in total. The van der Waals surface area contributed by atoms with Crippen molar-refractivity contribution < 1.29 is 66.1 Å². The van der Waals surface area contributed by atoms with Gasteiger partial charge in [-0.25, -0.2) is 0 Å². The summed E-state index contributed by atoms with van der Waals surface area (Å²) in [6, 6.07) is 0. The molecule has 0 unspecified atom stereocenters. The number of hydrogen-bond acceptors (Lipinski definition) is 14. The SMILES string of the molecule is CC[C@H](C)[C@H]1O[C@]2(CC[C@@H]1C)C[C@@H]1C[C@@H](C/C=C(\C)[C@@H](O[C@H]3C[C@H](OC)[C@@H](O[C@H]4C[C@H](OC)[C@@H](O[Si](C)(C)C(C)(C)C)[C@H](C)O4)[C@H](C)O3)[C@@H](C)/C=C/C=C3\CO[C@@H]4[C@H](O[Si](C)(C)C(C)(C)C)C(C)=C[C@@H](C(=O)O1)[C@]34O)O2. The van der Waals surface area contributed by atoms with Gasteiger partial charge in [-0.3, -0.25) is 4.79 Å². The quantitative estimate of drug-likeness (QED) is 0.112. The van der Waals surface area contributed by atoms with Crippen molar-refractivity contribution in [2.45, 2.75) is 282 Å². The molecule has 7 rings (SSSR count). The molecule has 6 heterocycles. The Balaban J connectivity index is 1.18. The van der Waals surface area contributed by atoms with Crippen molar-refractivity contribution in [1.82, 2.24) is 0 Å². The first kappa shape index (κ1) is 62.0. The molecule has 76 heavy (non-hydrogen) atoms. The van der Waals surface area contributed by atoms with Gasteiger partial charge in [-0.15, -0.1) is 0 Å². The normalized spacial score (nSPS) is 43.5. The molecule has 1 spiro atoms. The summed E-state index contributed by atoms with van der Waals surface area (Å²) in [5, 5.41) is 13.2. The molecule has 20 atom stereocenters. The van der Waals surface area contributed by atoms with Crippen LogP contribution in [0.3, 0.4) is 0 Å². The molecule has 0 aromatic heterocycles. The average Bonchev–Trinajstić information content (AvgIpc) is 3.67. The van der Waals surface area contributed by atoms with Crippen molar-refractivity contribution in [2.24, 2.45) is 23.7 Å². The number of carbonyl (C=O) groups is 1. The molecule has 7 aliphatic rings. The van der Waals surface area contributed by atoms with Crippen LogP contribution in [0.25, 0.3) is 0 Å². The van der Waals surface area contributed by atoms with E-state index in [0.29, 0.717) is 55.9 Å². The predicted molar refractivity (Wildman–Crippen MR) is 300 cm³/mol. The highest BCUT2D eigenvalue weighted by Gasteiger charge is 2.62. The van der Waals surface area contributed by atoms with E-state index >= 15 is 0 Å². The third-order valence-corrected chi connectivity index (χ3v) is 28.3. The summed E-state index contributed by atoms with van der Waals surface area (Å²) >= 11 is 0. The molecule has 2 bridgehead atoms. The molecule has 16 heteroatoms. The number of esters is 1. The van der Waals surface area contributed by atoms with Gasteiger partial charge < -0.3 is 61.3 Å². The minimum absolute atomic E-state index is 0.000133. The third kappa shape index (κ3) is 13.2. The molecular weight excluding hydrogens is 1000 g/mol. The molecule has 0 radical (unpaired) electrons. The summed E-state index contributed by atoms with van der Waals surface area (Å²) in [6.07, 6.45) is 9.35. The molecular formula is C60H102O14Si2. The second-order valence-corrected chi connectivity index (χ2v) is 36.6. The van der Waals surface area contributed by atoms with Gasteiger partial charge in [0.15, 0.2) is 35.0 Å². The maximum atomic E-state index is 14.9. The van der Waals surface area contributed by atoms with Crippen molar-refractivity contribution in [1.29, 1.82) is 0 Å². The third-order valence-electron chi connectivity index (χ3n) is 19.3. The number of carbonyl (C=O) groups excluding carboxylic acids is 1. The first-order valence-electron chi connectivity index (χ1n) is 29.0. The van der Waals surface area contributed by atoms with E-state index in [1.54, 1.807) is 14.2 Å². The van der Waals surface area contributed by atoms with E-state index in [0.717, 1.165) is 24.0 Å². The van der Waals surface area contributed by atoms with Gasteiger partial charge in [0.25, 0.3) is 0 Å². The fourth-order valence-electron chi connectivity index (χ4n) is 12.3. The summed E-state index contributed by atoms with van der Waals surface area (Å²) < 4.78 is 80.9. The Kier molecular flexibility index (Phi) is 19.6. The van der Waals surface area contributed by atoms with Crippen LogP contribution in [0.5, 0.6) is 0 Å². The fourth-order valence-corrected chi connectivity index (χ4v) is 14.9. The number of methoxy groups -OCH3 is 2.